The Bertz CT molecular complexity index is 750. The summed E-state index contributed by atoms with van der Waals surface area (Å²) in [5.41, 5.74) is 1.21. The van der Waals surface area contributed by atoms with Gasteiger partial charge >= 0.3 is 0 Å². The molecule has 0 radical (unpaired) electrons. The zero-order valence-corrected chi connectivity index (χ0v) is 19.2. The molecule has 9 heteroatoms. The van der Waals surface area contributed by atoms with Gasteiger partial charge in [-0.2, -0.15) is 11.8 Å². The average Bonchev–Trinajstić information content (AvgIpc) is 2.72. The Balaban J connectivity index is 1.85. The molecule has 0 aliphatic carbocycles. The third kappa shape index (κ3) is 8.16. The van der Waals surface area contributed by atoms with Gasteiger partial charge in [0, 0.05) is 25.7 Å². The number of nitrogens with zero attached hydrogens (tertiary/aromatic N) is 1. The van der Waals surface area contributed by atoms with Gasteiger partial charge in [-0.05, 0) is 55.9 Å². The summed E-state index contributed by atoms with van der Waals surface area (Å²) >= 11 is 1.60. The fraction of sp³-hybridized carbons (Fsp3) is 0.650. The normalized spacial score (nSPS) is 17.1. The molecule has 1 aromatic carbocycles. The molecular weight excluding hydrogens is 410 g/mol. The van der Waals surface area contributed by atoms with E-state index in [4.69, 9.17) is 4.74 Å². The van der Waals surface area contributed by atoms with Crippen molar-refractivity contribution in [3.8, 4) is 5.75 Å². The van der Waals surface area contributed by atoms with Crippen LogP contribution in [0.1, 0.15) is 31.7 Å². The van der Waals surface area contributed by atoms with Crippen LogP contribution in [0.4, 0.5) is 0 Å². The number of nitrogens with one attached hydrogen (secondary N) is 2. The topological polar surface area (TPSA) is 87.7 Å². The standard InChI is InChI=1S/C20H33N3O4S2/c1-4-29(25,26)22-19(10-13-28-3)20(24)21-17-8-11-23(12-9-17)15-16-6-5-7-18(14-16)27-2/h5-7,14,17,19,22H,4,8-13,15H2,1-3H3,(H,21,24). The highest BCUT2D eigenvalue weighted by Crippen LogP contribution is 2.18. The number of hydrogen-bond donors (Lipinski definition) is 2. The van der Waals surface area contributed by atoms with E-state index in [1.807, 2.05) is 24.5 Å². The lowest BCUT2D eigenvalue weighted by Crippen LogP contribution is -2.52. The van der Waals surface area contributed by atoms with Gasteiger partial charge < -0.3 is 10.1 Å². The van der Waals surface area contributed by atoms with Gasteiger partial charge in [0.1, 0.15) is 11.8 Å². The SMILES string of the molecule is CCS(=O)(=O)NC(CCSC)C(=O)NC1CCN(Cc2cccc(OC)c2)CC1. The maximum absolute atomic E-state index is 12.7. The minimum absolute atomic E-state index is 0.0291. The lowest BCUT2D eigenvalue weighted by atomic mass is 10.0. The van der Waals surface area contributed by atoms with Gasteiger partial charge in [0.2, 0.25) is 15.9 Å². The number of piperidine rings is 1. The molecule has 29 heavy (non-hydrogen) atoms. The van der Waals surface area contributed by atoms with Crippen LogP contribution in [0.25, 0.3) is 0 Å². The molecule has 1 fully saturated rings. The van der Waals surface area contributed by atoms with E-state index in [1.54, 1.807) is 25.8 Å². The summed E-state index contributed by atoms with van der Waals surface area (Å²) in [6.45, 7) is 4.20. The molecule has 1 heterocycles. The van der Waals surface area contributed by atoms with E-state index in [9.17, 15) is 13.2 Å². The number of methoxy groups -OCH3 is 1. The van der Waals surface area contributed by atoms with Crippen LogP contribution < -0.4 is 14.8 Å². The second-order valence-electron chi connectivity index (χ2n) is 7.27. The molecule has 0 bridgehead atoms. The molecule has 0 saturated carbocycles. The van der Waals surface area contributed by atoms with Gasteiger partial charge in [0.15, 0.2) is 0 Å². The number of sulfonamides is 1. The van der Waals surface area contributed by atoms with Crippen molar-refractivity contribution < 1.29 is 17.9 Å². The van der Waals surface area contributed by atoms with Crippen LogP contribution in [0.5, 0.6) is 5.75 Å². The molecule has 0 aromatic heterocycles. The molecular formula is C20H33N3O4S2. The summed E-state index contributed by atoms with van der Waals surface area (Å²) in [7, 11) is -1.76. The zero-order chi connectivity index (χ0) is 21.3. The summed E-state index contributed by atoms with van der Waals surface area (Å²) in [6, 6.07) is 7.43. The molecule has 1 atom stereocenters. The molecule has 1 unspecified atom stereocenters. The average molecular weight is 444 g/mol. The highest BCUT2D eigenvalue weighted by molar-refractivity contribution is 7.98. The Morgan fingerprint density at radius 2 is 2.07 bits per heavy atom. The Morgan fingerprint density at radius 1 is 1.34 bits per heavy atom. The van der Waals surface area contributed by atoms with Crippen molar-refractivity contribution in [2.75, 3.05) is 38.0 Å². The van der Waals surface area contributed by atoms with E-state index >= 15 is 0 Å². The zero-order valence-electron chi connectivity index (χ0n) is 17.5. The summed E-state index contributed by atoms with van der Waals surface area (Å²) in [5.74, 6) is 1.33. The van der Waals surface area contributed by atoms with Gasteiger partial charge in [-0.1, -0.05) is 12.1 Å². The van der Waals surface area contributed by atoms with Crippen LogP contribution in [0.15, 0.2) is 24.3 Å². The Morgan fingerprint density at radius 3 is 2.69 bits per heavy atom. The molecule has 1 aromatic rings. The number of likely N-dealkylation sites (tertiary alicyclic amines) is 1. The monoisotopic (exact) mass is 443 g/mol. The largest absolute Gasteiger partial charge is 0.497 e. The first-order chi connectivity index (χ1) is 13.9. The molecule has 1 saturated heterocycles. The van der Waals surface area contributed by atoms with Crippen LogP contribution in [-0.4, -0.2) is 69.3 Å². The van der Waals surface area contributed by atoms with E-state index in [1.165, 1.54) is 5.56 Å². The van der Waals surface area contributed by atoms with Gasteiger partial charge in [-0.15, -0.1) is 0 Å². The number of rotatable bonds is 11. The van der Waals surface area contributed by atoms with Crippen LogP contribution in [0, 0.1) is 0 Å². The van der Waals surface area contributed by atoms with Crippen LogP contribution in [0.2, 0.25) is 0 Å². The van der Waals surface area contributed by atoms with Crippen LogP contribution in [-0.2, 0) is 21.4 Å². The number of hydrogen-bond acceptors (Lipinski definition) is 6. The van der Waals surface area contributed by atoms with Gasteiger partial charge in [0.25, 0.3) is 0 Å². The maximum atomic E-state index is 12.7. The van der Waals surface area contributed by atoms with Crippen molar-refractivity contribution in [1.29, 1.82) is 0 Å². The van der Waals surface area contributed by atoms with Crippen molar-refractivity contribution in [2.45, 2.75) is 44.8 Å². The molecule has 1 aliphatic rings. The molecule has 2 N–H and O–H groups in total. The van der Waals surface area contributed by atoms with Crippen molar-refractivity contribution in [2.24, 2.45) is 0 Å². The predicted molar refractivity (Wildman–Crippen MR) is 119 cm³/mol. The van der Waals surface area contributed by atoms with Crippen molar-refractivity contribution >= 4 is 27.7 Å². The summed E-state index contributed by atoms with van der Waals surface area (Å²) < 4.78 is 31.7. The number of amides is 1. The molecule has 164 valence electrons. The fourth-order valence-corrected chi connectivity index (χ4v) is 4.64. The maximum Gasteiger partial charge on any atom is 0.238 e. The van der Waals surface area contributed by atoms with Crippen LogP contribution >= 0.6 is 11.8 Å². The second-order valence-corrected chi connectivity index (χ2v) is 10.3. The Labute approximate surface area is 179 Å². The Hall–Kier alpha value is -1.29. The van der Waals surface area contributed by atoms with Gasteiger partial charge in [0.05, 0.1) is 12.9 Å². The number of ether oxygens (including phenoxy) is 1. The molecule has 1 amide bonds. The minimum Gasteiger partial charge on any atom is -0.497 e. The predicted octanol–water partition coefficient (Wildman–Crippen LogP) is 1.84. The van der Waals surface area contributed by atoms with Gasteiger partial charge in [-0.25, -0.2) is 13.1 Å². The molecule has 7 nitrogen and oxygen atoms in total. The first-order valence-corrected chi connectivity index (χ1v) is 13.1. The fourth-order valence-electron chi connectivity index (χ4n) is 3.35. The molecule has 1 aliphatic heterocycles. The lowest BCUT2D eigenvalue weighted by molar-refractivity contribution is -0.123. The third-order valence-corrected chi connectivity index (χ3v) is 7.15. The van der Waals surface area contributed by atoms with E-state index < -0.39 is 16.1 Å². The molecule has 2 rings (SSSR count). The first-order valence-electron chi connectivity index (χ1n) is 10.0. The number of carbonyl (C=O) groups excluding carboxylic acids is 1. The number of carbonyl (C=O) groups is 1. The van der Waals surface area contributed by atoms with Gasteiger partial charge in [-0.3, -0.25) is 9.69 Å². The summed E-state index contributed by atoms with van der Waals surface area (Å²) in [4.78, 5) is 15.0. The highest BCUT2D eigenvalue weighted by Gasteiger charge is 2.27. The smallest absolute Gasteiger partial charge is 0.238 e. The van der Waals surface area contributed by atoms with E-state index in [0.29, 0.717) is 6.42 Å². The summed E-state index contributed by atoms with van der Waals surface area (Å²) in [6.07, 6.45) is 4.14. The van der Waals surface area contributed by atoms with Crippen molar-refractivity contribution in [3.63, 3.8) is 0 Å². The molecule has 0 spiro atoms. The van der Waals surface area contributed by atoms with Crippen molar-refractivity contribution in [3.05, 3.63) is 29.8 Å². The number of benzene rings is 1. The highest BCUT2D eigenvalue weighted by atomic mass is 32.2. The Kier molecular flexibility index (Phi) is 9.74. The van der Waals surface area contributed by atoms with E-state index in [0.717, 1.165) is 44.0 Å². The van der Waals surface area contributed by atoms with E-state index in [-0.39, 0.29) is 17.7 Å². The minimum atomic E-state index is -3.42. The summed E-state index contributed by atoms with van der Waals surface area (Å²) in [5, 5.41) is 3.06. The lowest BCUT2D eigenvalue weighted by Gasteiger charge is -2.33. The first kappa shape index (κ1) is 24.0. The van der Waals surface area contributed by atoms with Crippen molar-refractivity contribution in [1.82, 2.24) is 14.9 Å². The second kappa shape index (κ2) is 11.8. The quantitative estimate of drug-likeness (QED) is 0.543. The van der Waals surface area contributed by atoms with E-state index in [2.05, 4.69) is 21.0 Å². The number of thioether (sulfide) groups is 1. The van der Waals surface area contributed by atoms with Crippen LogP contribution in [0.3, 0.4) is 0 Å². The third-order valence-electron chi connectivity index (χ3n) is 5.10.